The number of fused-ring (bicyclic) bond motifs is 5. The van der Waals surface area contributed by atoms with Crippen molar-refractivity contribution >= 4 is 6.09 Å². The van der Waals surface area contributed by atoms with Gasteiger partial charge >= 0.3 is 6.09 Å². The van der Waals surface area contributed by atoms with Gasteiger partial charge in [-0.1, -0.05) is 0 Å². The zero-order chi connectivity index (χ0) is 17.0. The molecule has 0 aliphatic carbocycles. The van der Waals surface area contributed by atoms with Crippen molar-refractivity contribution in [2.24, 2.45) is 5.92 Å². The molecule has 0 spiro atoms. The normalized spacial score (nSPS) is 41.0. The van der Waals surface area contributed by atoms with Crippen molar-refractivity contribution in [3.8, 4) is 0 Å². The van der Waals surface area contributed by atoms with Gasteiger partial charge in [-0.3, -0.25) is 0 Å². The average Bonchev–Trinajstić information content (AvgIpc) is 3.00. The Labute approximate surface area is 136 Å². The number of amides is 1. The average molecular weight is 329 g/mol. The molecule has 0 aromatic rings. The van der Waals surface area contributed by atoms with E-state index >= 15 is 0 Å². The predicted octanol–water partition coefficient (Wildman–Crippen LogP) is 1.18. The molecular formula is C16H27NO6. The van der Waals surface area contributed by atoms with E-state index in [0.717, 1.165) is 0 Å². The molecule has 2 bridgehead atoms. The zero-order valence-electron chi connectivity index (χ0n) is 14.4. The molecule has 7 heteroatoms. The van der Waals surface area contributed by atoms with E-state index in [9.17, 15) is 9.90 Å². The molecule has 2 N–H and O–H groups in total. The summed E-state index contributed by atoms with van der Waals surface area (Å²) in [6, 6.07) is 0. The highest BCUT2D eigenvalue weighted by Gasteiger charge is 2.69. The number of aliphatic hydroxyl groups excluding tert-OH is 1. The first-order chi connectivity index (χ1) is 10.6. The van der Waals surface area contributed by atoms with Crippen LogP contribution in [0.25, 0.3) is 0 Å². The maximum atomic E-state index is 11.9. The molecule has 5 atom stereocenters. The summed E-state index contributed by atoms with van der Waals surface area (Å²) in [5.41, 5.74) is -1.23. The van der Waals surface area contributed by atoms with E-state index in [1.54, 1.807) is 0 Å². The van der Waals surface area contributed by atoms with E-state index in [1.807, 2.05) is 34.6 Å². The van der Waals surface area contributed by atoms with Gasteiger partial charge in [-0.05, 0) is 41.0 Å². The molecule has 3 aliphatic rings. The first-order valence-corrected chi connectivity index (χ1v) is 8.16. The molecule has 0 saturated carbocycles. The van der Waals surface area contributed by atoms with Crippen LogP contribution in [0.15, 0.2) is 0 Å². The fraction of sp³-hybridized carbons (Fsp3) is 0.938. The largest absolute Gasteiger partial charge is 0.444 e. The molecule has 3 rings (SSSR count). The third-order valence-electron chi connectivity index (χ3n) is 4.58. The second-order valence-electron chi connectivity index (χ2n) is 8.17. The summed E-state index contributed by atoms with van der Waals surface area (Å²) in [5, 5.41) is 12.4. The SMILES string of the molecule is CC(C)(C)OC(=O)NC[C@]12C[C@H](CO)[C@H](O1)[C@@H]1OC(C)(C)O[C@@H]12. The molecule has 0 unspecified atom stereocenters. The number of hydrogen-bond donors (Lipinski definition) is 2. The Hall–Kier alpha value is -0.890. The Morgan fingerprint density at radius 3 is 2.57 bits per heavy atom. The number of aliphatic hydroxyl groups is 1. The highest BCUT2D eigenvalue weighted by molar-refractivity contribution is 5.67. The fourth-order valence-corrected chi connectivity index (χ4v) is 3.85. The minimum atomic E-state index is -0.682. The Balaban J connectivity index is 1.71. The van der Waals surface area contributed by atoms with Gasteiger partial charge in [-0.2, -0.15) is 0 Å². The van der Waals surface area contributed by atoms with Gasteiger partial charge in [0.15, 0.2) is 5.79 Å². The molecule has 132 valence electrons. The topological polar surface area (TPSA) is 86.3 Å². The molecule has 3 saturated heterocycles. The zero-order valence-corrected chi connectivity index (χ0v) is 14.4. The quantitative estimate of drug-likeness (QED) is 0.809. The third-order valence-corrected chi connectivity index (χ3v) is 4.58. The summed E-state index contributed by atoms with van der Waals surface area (Å²) < 4.78 is 23.4. The van der Waals surface area contributed by atoms with Crippen LogP contribution in [0.3, 0.4) is 0 Å². The molecule has 3 fully saturated rings. The van der Waals surface area contributed by atoms with E-state index in [4.69, 9.17) is 18.9 Å². The van der Waals surface area contributed by atoms with E-state index in [1.165, 1.54) is 0 Å². The lowest BCUT2D eigenvalue weighted by molar-refractivity contribution is -0.194. The summed E-state index contributed by atoms with van der Waals surface area (Å²) in [6.45, 7) is 9.49. The first-order valence-electron chi connectivity index (χ1n) is 8.16. The van der Waals surface area contributed by atoms with Gasteiger partial charge in [0.25, 0.3) is 0 Å². The monoisotopic (exact) mass is 329 g/mol. The molecule has 7 nitrogen and oxygen atoms in total. The van der Waals surface area contributed by atoms with Crippen LogP contribution < -0.4 is 5.32 Å². The molecule has 0 aromatic carbocycles. The molecule has 1 amide bonds. The molecule has 23 heavy (non-hydrogen) atoms. The number of carbonyl (C=O) groups is 1. The van der Waals surface area contributed by atoms with Crippen LogP contribution in [0.5, 0.6) is 0 Å². The van der Waals surface area contributed by atoms with Crippen LogP contribution in [0.1, 0.15) is 41.0 Å². The van der Waals surface area contributed by atoms with Crippen molar-refractivity contribution in [2.75, 3.05) is 13.2 Å². The van der Waals surface area contributed by atoms with Gasteiger partial charge in [0.1, 0.15) is 23.4 Å². The minimum Gasteiger partial charge on any atom is -0.444 e. The number of nitrogens with one attached hydrogen (secondary N) is 1. The lowest BCUT2D eigenvalue weighted by Crippen LogP contribution is -2.54. The van der Waals surface area contributed by atoms with Crippen LogP contribution >= 0.6 is 0 Å². The van der Waals surface area contributed by atoms with Crippen molar-refractivity contribution in [1.29, 1.82) is 0 Å². The van der Waals surface area contributed by atoms with Gasteiger partial charge in [0.2, 0.25) is 0 Å². The van der Waals surface area contributed by atoms with Gasteiger partial charge < -0.3 is 29.4 Å². The maximum absolute atomic E-state index is 11.9. The highest BCUT2D eigenvalue weighted by Crippen LogP contribution is 2.54. The third kappa shape index (κ3) is 3.07. The Morgan fingerprint density at radius 2 is 1.96 bits per heavy atom. The van der Waals surface area contributed by atoms with Crippen LogP contribution in [0.2, 0.25) is 0 Å². The molecule has 0 radical (unpaired) electrons. The van der Waals surface area contributed by atoms with Crippen molar-refractivity contribution in [2.45, 2.75) is 76.3 Å². The number of rotatable bonds is 3. The summed E-state index contributed by atoms with van der Waals surface area (Å²) >= 11 is 0. The van der Waals surface area contributed by atoms with Crippen molar-refractivity contribution < 1.29 is 28.8 Å². The lowest BCUT2D eigenvalue weighted by Gasteiger charge is -2.33. The van der Waals surface area contributed by atoms with Gasteiger partial charge in [-0.15, -0.1) is 0 Å². The number of ether oxygens (including phenoxy) is 4. The van der Waals surface area contributed by atoms with Gasteiger partial charge in [0.05, 0.1) is 12.6 Å². The second kappa shape index (κ2) is 5.31. The molecular weight excluding hydrogens is 302 g/mol. The van der Waals surface area contributed by atoms with Crippen molar-refractivity contribution in [3.63, 3.8) is 0 Å². The van der Waals surface area contributed by atoms with Crippen molar-refractivity contribution in [1.82, 2.24) is 5.32 Å². The van der Waals surface area contributed by atoms with Crippen LogP contribution in [0.4, 0.5) is 4.79 Å². The van der Waals surface area contributed by atoms with E-state index in [-0.39, 0.29) is 37.4 Å². The number of hydrogen-bond acceptors (Lipinski definition) is 6. The standard InChI is InChI=1S/C16H27NO6/c1-14(2,3)23-13(19)17-8-16-6-9(7-18)10(21-16)11-12(16)22-15(4,5)20-11/h9-12,18H,6-8H2,1-5H3,(H,17,19)/t9-,10+,11+,12+,16+/m1/s1. The summed E-state index contributed by atoms with van der Waals surface area (Å²) in [6.07, 6.45) is -0.519. The van der Waals surface area contributed by atoms with Crippen LogP contribution in [0, 0.1) is 5.92 Å². The fourth-order valence-electron chi connectivity index (χ4n) is 3.85. The first kappa shape index (κ1) is 17.0. The Kier molecular flexibility index (Phi) is 3.91. The lowest BCUT2D eigenvalue weighted by atomic mass is 9.78. The summed E-state index contributed by atoms with van der Waals surface area (Å²) in [7, 11) is 0. The van der Waals surface area contributed by atoms with Crippen molar-refractivity contribution in [3.05, 3.63) is 0 Å². The molecule has 3 heterocycles. The molecule has 3 aliphatic heterocycles. The minimum absolute atomic E-state index is 0.00538. The van der Waals surface area contributed by atoms with E-state index in [0.29, 0.717) is 6.42 Å². The maximum Gasteiger partial charge on any atom is 0.407 e. The number of carbonyl (C=O) groups excluding carboxylic acids is 1. The van der Waals surface area contributed by atoms with E-state index in [2.05, 4.69) is 5.32 Å². The van der Waals surface area contributed by atoms with Crippen LogP contribution in [-0.4, -0.2) is 59.7 Å². The summed E-state index contributed by atoms with van der Waals surface area (Å²) in [4.78, 5) is 11.9. The summed E-state index contributed by atoms with van der Waals surface area (Å²) in [5.74, 6) is -0.687. The van der Waals surface area contributed by atoms with Gasteiger partial charge in [0, 0.05) is 12.5 Å². The Bertz CT molecular complexity index is 483. The smallest absolute Gasteiger partial charge is 0.407 e. The second-order valence-corrected chi connectivity index (χ2v) is 8.17. The van der Waals surface area contributed by atoms with E-state index < -0.39 is 23.1 Å². The molecule has 0 aromatic heterocycles. The Morgan fingerprint density at radius 1 is 1.26 bits per heavy atom. The predicted molar refractivity (Wildman–Crippen MR) is 80.9 cm³/mol. The van der Waals surface area contributed by atoms with Crippen LogP contribution in [-0.2, 0) is 18.9 Å². The highest BCUT2D eigenvalue weighted by atomic mass is 16.8. The number of alkyl carbamates (subject to hydrolysis) is 1. The van der Waals surface area contributed by atoms with Gasteiger partial charge in [-0.25, -0.2) is 4.79 Å².